The molecule has 1 unspecified atom stereocenters. The fourth-order valence-corrected chi connectivity index (χ4v) is 3.52. The molecule has 2 aliphatic heterocycles. The molecule has 1 saturated heterocycles. The third-order valence-corrected chi connectivity index (χ3v) is 4.67. The average Bonchev–Trinajstić information content (AvgIpc) is 3.00. The largest absolute Gasteiger partial charge is 0.316 e. The summed E-state index contributed by atoms with van der Waals surface area (Å²) in [6, 6.07) is 3.99. The number of aromatic nitrogens is 4. The number of nitrogens with zero attached hydrogens (tertiary/aromatic N) is 5. The van der Waals surface area contributed by atoms with Gasteiger partial charge in [-0.25, -0.2) is 0 Å². The van der Waals surface area contributed by atoms with E-state index in [1.54, 1.807) is 6.20 Å². The zero-order valence-electron chi connectivity index (χ0n) is 13.2. The van der Waals surface area contributed by atoms with E-state index in [0.29, 0.717) is 0 Å². The van der Waals surface area contributed by atoms with E-state index in [0.717, 1.165) is 49.3 Å². The van der Waals surface area contributed by atoms with Crippen LogP contribution < -0.4 is 5.32 Å². The molecule has 6 nitrogen and oxygen atoms in total. The summed E-state index contributed by atoms with van der Waals surface area (Å²) >= 11 is 0. The lowest BCUT2D eigenvalue weighted by Crippen LogP contribution is -2.41. The molecule has 124 valence electrons. The van der Waals surface area contributed by atoms with E-state index in [2.05, 4.69) is 30.0 Å². The molecule has 23 heavy (non-hydrogen) atoms. The topological polar surface area (TPSA) is 58.9 Å². The maximum Gasteiger partial charge on any atom is 0.165 e. The van der Waals surface area contributed by atoms with E-state index in [9.17, 15) is 0 Å². The summed E-state index contributed by atoms with van der Waals surface area (Å²) in [6.07, 6.45) is 6.30. The van der Waals surface area contributed by atoms with Gasteiger partial charge in [-0.1, -0.05) is 0 Å². The standard InChI is InChI=1S/C16H22N6.ClH/c1-3-13(9-17-5-1)11-21-7-8-22-15(12-21)19-20-16(22)14-4-2-6-18-10-14;/h2,4,6,10,13,17H,1,3,5,7-9,11-12H2;1H. The minimum atomic E-state index is 0. The Morgan fingerprint density at radius 2 is 2.22 bits per heavy atom. The summed E-state index contributed by atoms with van der Waals surface area (Å²) in [5, 5.41) is 12.3. The maximum absolute atomic E-state index is 4.40. The quantitative estimate of drug-likeness (QED) is 0.923. The van der Waals surface area contributed by atoms with E-state index < -0.39 is 0 Å². The first-order chi connectivity index (χ1) is 10.9. The van der Waals surface area contributed by atoms with E-state index in [-0.39, 0.29) is 12.4 Å². The van der Waals surface area contributed by atoms with Crippen molar-refractivity contribution in [3.05, 3.63) is 30.4 Å². The Labute approximate surface area is 142 Å². The summed E-state index contributed by atoms with van der Waals surface area (Å²) in [4.78, 5) is 6.71. The number of halogens is 1. The number of rotatable bonds is 3. The van der Waals surface area contributed by atoms with Crippen LogP contribution in [0.1, 0.15) is 18.7 Å². The lowest BCUT2D eigenvalue weighted by Gasteiger charge is -2.32. The fraction of sp³-hybridized carbons (Fsp3) is 0.562. The van der Waals surface area contributed by atoms with Gasteiger partial charge in [-0.15, -0.1) is 22.6 Å². The normalized spacial score (nSPS) is 21.5. The smallest absolute Gasteiger partial charge is 0.165 e. The third-order valence-electron chi connectivity index (χ3n) is 4.67. The molecule has 1 fully saturated rings. The van der Waals surface area contributed by atoms with Crippen LogP contribution in [0.25, 0.3) is 11.4 Å². The SMILES string of the molecule is Cl.c1cncc(-c2nnc3n2CCN(CC2CCCNC2)C3)c1. The summed E-state index contributed by atoms with van der Waals surface area (Å²) in [5.41, 5.74) is 1.05. The molecule has 0 bridgehead atoms. The summed E-state index contributed by atoms with van der Waals surface area (Å²) in [5.74, 6) is 2.80. The van der Waals surface area contributed by atoms with Gasteiger partial charge >= 0.3 is 0 Å². The van der Waals surface area contributed by atoms with Crippen molar-refractivity contribution in [1.82, 2.24) is 30.0 Å². The van der Waals surface area contributed by atoms with Gasteiger partial charge in [0.2, 0.25) is 0 Å². The summed E-state index contributed by atoms with van der Waals surface area (Å²) in [6.45, 7) is 6.46. The molecule has 7 heteroatoms. The second-order valence-corrected chi connectivity index (χ2v) is 6.28. The predicted molar refractivity (Wildman–Crippen MR) is 91.4 cm³/mol. The van der Waals surface area contributed by atoms with Crippen molar-refractivity contribution in [2.75, 3.05) is 26.2 Å². The first-order valence-corrected chi connectivity index (χ1v) is 8.16. The zero-order valence-corrected chi connectivity index (χ0v) is 14.0. The molecule has 0 spiro atoms. The molecule has 0 radical (unpaired) electrons. The van der Waals surface area contributed by atoms with Gasteiger partial charge in [0.15, 0.2) is 5.82 Å². The summed E-state index contributed by atoms with van der Waals surface area (Å²) in [7, 11) is 0. The van der Waals surface area contributed by atoms with E-state index in [4.69, 9.17) is 0 Å². The molecule has 2 aromatic rings. The Morgan fingerprint density at radius 1 is 1.26 bits per heavy atom. The van der Waals surface area contributed by atoms with Gasteiger partial charge in [0.25, 0.3) is 0 Å². The van der Waals surface area contributed by atoms with Crippen LogP contribution in [0.5, 0.6) is 0 Å². The number of hydrogen-bond acceptors (Lipinski definition) is 5. The van der Waals surface area contributed by atoms with Gasteiger partial charge in [-0.05, 0) is 44.0 Å². The minimum absolute atomic E-state index is 0. The van der Waals surface area contributed by atoms with Crippen LogP contribution >= 0.6 is 12.4 Å². The molecule has 0 aliphatic carbocycles. The van der Waals surface area contributed by atoms with Gasteiger partial charge in [0.1, 0.15) is 5.82 Å². The highest BCUT2D eigenvalue weighted by Gasteiger charge is 2.24. The first kappa shape index (κ1) is 16.4. The highest BCUT2D eigenvalue weighted by atomic mass is 35.5. The number of hydrogen-bond donors (Lipinski definition) is 1. The van der Waals surface area contributed by atoms with Crippen LogP contribution in [-0.4, -0.2) is 50.8 Å². The van der Waals surface area contributed by atoms with Crippen LogP contribution in [0.4, 0.5) is 0 Å². The average molecular weight is 335 g/mol. The Hall–Kier alpha value is -1.50. The predicted octanol–water partition coefficient (Wildman–Crippen LogP) is 1.58. The van der Waals surface area contributed by atoms with Crippen molar-refractivity contribution >= 4 is 12.4 Å². The molecule has 1 N–H and O–H groups in total. The van der Waals surface area contributed by atoms with Gasteiger partial charge in [-0.3, -0.25) is 9.88 Å². The van der Waals surface area contributed by atoms with Crippen molar-refractivity contribution in [2.24, 2.45) is 5.92 Å². The van der Waals surface area contributed by atoms with Crippen molar-refractivity contribution in [3.8, 4) is 11.4 Å². The molecule has 0 saturated carbocycles. The van der Waals surface area contributed by atoms with Gasteiger partial charge in [0, 0.05) is 37.6 Å². The van der Waals surface area contributed by atoms with Crippen LogP contribution in [0.3, 0.4) is 0 Å². The number of pyridine rings is 1. The van der Waals surface area contributed by atoms with E-state index >= 15 is 0 Å². The van der Waals surface area contributed by atoms with Gasteiger partial charge in [-0.2, -0.15) is 0 Å². The van der Waals surface area contributed by atoms with Crippen LogP contribution in [0, 0.1) is 5.92 Å². The van der Waals surface area contributed by atoms with Crippen molar-refractivity contribution < 1.29 is 0 Å². The molecule has 4 heterocycles. The van der Waals surface area contributed by atoms with Crippen LogP contribution in [0.2, 0.25) is 0 Å². The number of nitrogens with one attached hydrogen (secondary N) is 1. The van der Waals surface area contributed by atoms with Crippen molar-refractivity contribution in [3.63, 3.8) is 0 Å². The Balaban J connectivity index is 0.00000156. The van der Waals surface area contributed by atoms with Gasteiger partial charge in [0.05, 0.1) is 6.54 Å². The first-order valence-electron chi connectivity index (χ1n) is 8.16. The van der Waals surface area contributed by atoms with Crippen molar-refractivity contribution in [2.45, 2.75) is 25.9 Å². The third kappa shape index (κ3) is 3.54. The molecule has 0 amide bonds. The monoisotopic (exact) mass is 334 g/mol. The molecule has 0 aromatic carbocycles. The van der Waals surface area contributed by atoms with Gasteiger partial charge < -0.3 is 9.88 Å². The number of piperidine rings is 1. The molecule has 1 atom stereocenters. The van der Waals surface area contributed by atoms with Crippen LogP contribution in [-0.2, 0) is 13.1 Å². The molecule has 2 aromatic heterocycles. The Kier molecular flexibility index (Phi) is 5.25. The molecule has 2 aliphatic rings. The highest BCUT2D eigenvalue weighted by Crippen LogP contribution is 2.22. The molecular formula is C16H23ClN6. The Morgan fingerprint density at radius 3 is 3.00 bits per heavy atom. The lowest BCUT2D eigenvalue weighted by atomic mass is 9.99. The minimum Gasteiger partial charge on any atom is -0.316 e. The van der Waals surface area contributed by atoms with Crippen molar-refractivity contribution in [1.29, 1.82) is 0 Å². The highest BCUT2D eigenvalue weighted by molar-refractivity contribution is 5.85. The van der Waals surface area contributed by atoms with Crippen LogP contribution in [0.15, 0.2) is 24.5 Å². The zero-order chi connectivity index (χ0) is 14.8. The second-order valence-electron chi connectivity index (χ2n) is 6.28. The second kappa shape index (κ2) is 7.38. The van der Waals surface area contributed by atoms with E-state index in [1.165, 1.54) is 25.9 Å². The number of fused-ring (bicyclic) bond motifs is 1. The Bertz CT molecular complexity index is 623. The lowest BCUT2D eigenvalue weighted by molar-refractivity contribution is 0.171. The maximum atomic E-state index is 4.40. The molecule has 4 rings (SSSR count). The molecular weight excluding hydrogens is 312 g/mol. The summed E-state index contributed by atoms with van der Waals surface area (Å²) < 4.78 is 2.24. The van der Waals surface area contributed by atoms with E-state index in [1.807, 2.05) is 18.3 Å². The fourth-order valence-electron chi connectivity index (χ4n) is 3.52.